The van der Waals surface area contributed by atoms with Gasteiger partial charge < -0.3 is 5.32 Å². The molecule has 0 aromatic carbocycles. The summed E-state index contributed by atoms with van der Waals surface area (Å²) in [6.07, 6.45) is 3.90. The molecule has 1 N–H and O–H groups in total. The lowest BCUT2D eigenvalue weighted by Crippen LogP contribution is -2.48. The summed E-state index contributed by atoms with van der Waals surface area (Å²) in [5, 5.41) is 3.66. The third kappa shape index (κ3) is 2.68. The van der Waals surface area contributed by atoms with Gasteiger partial charge >= 0.3 is 0 Å². The van der Waals surface area contributed by atoms with Crippen LogP contribution in [-0.2, 0) is 0 Å². The van der Waals surface area contributed by atoms with Gasteiger partial charge in [0.1, 0.15) is 0 Å². The van der Waals surface area contributed by atoms with Gasteiger partial charge in [0.15, 0.2) is 0 Å². The highest BCUT2D eigenvalue weighted by molar-refractivity contribution is 8.00. The first kappa shape index (κ1) is 9.40. The van der Waals surface area contributed by atoms with Crippen LogP contribution in [0.4, 0.5) is 0 Å². The smallest absolute Gasteiger partial charge is 0.0618 e. The Morgan fingerprint density at radius 2 is 2.36 bits per heavy atom. The number of hydrogen-bond acceptors (Lipinski definition) is 2. The molecule has 2 heteroatoms. The first-order chi connectivity index (χ1) is 5.16. The number of hydrogen-bond donors (Lipinski definition) is 1. The fourth-order valence-corrected chi connectivity index (χ4v) is 3.27. The predicted molar refractivity (Wildman–Crippen MR) is 53.0 cm³/mol. The zero-order chi connectivity index (χ0) is 8.32. The molecule has 1 heterocycles. The van der Waals surface area contributed by atoms with Gasteiger partial charge in [0.2, 0.25) is 0 Å². The summed E-state index contributed by atoms with van der Waals surface area (Å²) in [5.74, 6) is 1.32. The lowest BCUT2D eigenvalue weighted by Gasteiger charge is -2.38. The van der Waals surface area contributed by atoms with Crippen LogP contribution >= 0.6 is 11.8 Å². The minimum atomic E-state index is 0.367. The molecular formula is C9H19NS. The molecule has 0 bridgehead atoms. The Morgan fingerprint density at radius 3 is 2.91 bits per heavy atom. The average molecular weight is 173 g/mol. The Hall–Kier alpha value is 0.310. The summed E-state index contributed by atoms with van der Waals surface area (Å²) >= 11 is 2.08. The maximum Gasteiger partial charge on any atom is 0.0618 e. The van der Waals surface area contributed by atoms with Crippen LogP contribution in [-0.4, -0.2) is 16.7 Å². The summed E-state index contributed by atoms with van der Waals surface area (Å²) < 4.78 is 0. The van der Waals surface area contributed by atoms with Crippen molar-refractivity contribution in [3.05, 3.63) is 0 Å². The summed E-state index contributed by atoms with van der Waals surface area (Å²) in [7, 11) is 0. The van der Waals surface area contributed by atoms with Crippen LogP contribution in [0.25, 0.3) is 0 Å². The molecule has 1 aliphatic rings. The molecule has 0 spiro atoms. The van der Waals surface area contributed by atoms with E-state index in [1.807, 2.05) is 0 Å². The van der Waals surface area contributed by atoms with Gasteiger partial charge in [-0.15, -0.1) is 11.8 Å². The summed E-state index contributed by atoms with van der Waals surface area (Å²) in [4.78, 5) is 0.367. The highest BCUT2D eigenvalue weighted by atomic mass is 32.2. The van der Waals surface area contributed by atoms with Crippen molar-refractivity contribution in [1.82, 2.24) is 5.32 Å². The van der Waals surface area contributed by atoms with Crippen molar-refractivity contribution in [2.75, 3.05) is 5.75 Å². The van der Waals surface area contributed by atoms with Gasteiger partial charge in [0.25, 0.3) is 0 Å². The zero-order valence-electron chi connectivity index (χ0n) is 7.81. The first-order valence-corrected chi connectivity index (χ1v) is 5.56. The Kier molecular flexibility index (Phi) is 3.26. The van der Waals surface area contributed by atoms with Gasteiger partial charge in [0.05, 0.1) is 4.87 Å². The SMILES string of the molecule is CCCC1(C)NC(C)CCS1. The molecule has 0 aromatic heterocycles. The highest BCUT2D eigenvalue weighted by Gasteiger charge is 2.28. The van der Waals surface area contributed by atoms with E-state index in [9.17, 15) is 0 Å². The van der Waals surface area contributed by atoms with E-state index in [1.54, 1.807) is 0 Å². The van der Waals surface area contributed by atoms with Crippen molar-refractivity contribution < 1.29 is 0 Å². The van der Waals surface area contributed by atoms with E-state index in [4.69, 9.17) is 0 Å². The standard InChI is InChI=1S/C9H19NS/c1-4-6-9(3)10-8(2)5-7-11-9/h8,10H,4-7H2,1-3H3. The summed E-state index contributed by atoms with van der Waals surface area (Å²) in [6.45, 7) is 6.87. The average Bonchev–Trinajstić information content (AvgIpc) is 1.86. The normalized spacial score (nSPS) is 39.0. The van der Waals surface area contributed by atoms with Gasteiger partial charge in [-0.3, -0.25) is 0 Å². The molecule has 1 fully saturated rings. The predicted octanol–water partition coefficient (Wildman–Crippen LogP) is 2.62. The second-order valence-electron chi connectivity index (χ2n) is 3.66. The molecule has 2 atom stereocenters. The van der Waals surface area contributed by atoms with Crippen molar-refractivity contribution in [3.8, 4) is 0 Å². The van der Waals surface area contributed by atoms with E-state index < -0.39 is 0 Å². The lowest BCUT2D eigenvalue weighted by atomic mass is 10.1. The molecule has 66 valence electrons. The Labute approximate surface area is 74.3 Å². The zero-order valence-corrected chi connectivity index (χ0v) is 8.63. The Balaban J connectivity index is 2.41. The molecule has 1 rings (SSSR count). The van der Waals surface area contributed by atoms with Crippen LogP contribution in [0, 0.1) is 0 Å². The summed E-state index contributed by atoms with van der Waals surface area (Å²) in [5.41, 5.74) is 0. The quantitative estimate of drug-likeness (QED) is 0.689. The van der Waals surface area contributed by atoms with Crippen LogP contribution in [0.2, 0.25) is 0 Å². The molecule has 2 unspecified atom stereocenters. The fourth-order valence-electron chi connectivity index (χ4n) is 1.72. The van der Waals surface area contributed by atoms with Gasteiger partial charge in [-0.2, -0.15) is 0 Å². The van der Waals surface area contributed by atoms with Gasteiger partial charge in [-0.25, -0.2) is 0 Å². The van der Waals surface area contributed by atoms with Crippen LogP contribution < -0.4 is 5.32 Å². The van der Waals surface area contributed by atoms with Crippen molar-refractivity contribution in [3.63, 3.8) is 0 Å². The third-order valence-corrected chi connectivity index (χ3v) is 3.65. The molecule has 0 saturated carbocycles. The maximum atomic E-state index is 3.66. The molecule has 1 aliphatic heterocycles. The topological polar surface area (TPSA) is 12.0 Å². The monoisotopic (exact) mass is 173 g/mol. The van der Waals surface area contributed by atoms with E-state index in [2.05, 4.69) is 37.8 Å². The molecule has 1 nitrogen and oxygen atoms in total. The summed E-state index contributed by atoms with van der Waals surface area (Å²) in [6, 6.07) is 0.716. The fraction of sp³-hybridized carbons (Fsp3) is 1.00. The van der Waals surface area contributed by atoms with E-state index in [-0.39, 0.29) is 0 Å². The second kappa shape index (κ2) is 3.81. The first-order valence-electron chi connectivity index (χ1n) is 4.58. The van der Waals surface area contributed by atoms with Crippen LogP contribution in [0.3, 0.4) is 0 Å². The molecule has 0 aromatic rings. The largest absolute Gasteiger partial charge is 0.300 e. The molecule has 1 saturated heterocycles. The van der Waals surface area contributed by atoms with Crippen molar-refractivity contribution >= 4 is 11.8 Å². The Morgan fingerprint density at radius 1 is 1.64 bits per heavy atom. The van der Waals surface area contributed by atoms with Gasteiger partial charge in [-0.05, 0) is 32.4 Å². The molecule has 0 aliphatic carbocycles. The second-order valence-corrected chi connectivity index (χ2v) is 5.26. The van der Waals surface area contributed by atoms with Crippen LogP contribution in [0.5, 0.6) is 0 Å². The van der Waals surface area contributed by atoms with Crippen molar-refractivity contribution in [2.45, 2.75) is 50.9 Å². The van der Waals surface area contributed by atoms with Crippen LogP contribution in [0.1, 0.15) is 40.0 Å². The highest BCUT2D eigenvalue weighted by Crippen LogP contribution is 2.32. The van der Waals surface area contributed by atoms with Crippen molar-refractivity contribution in [2.24, 2.45) is 0 Å². The van der Waals surface area contributed by atoms with Gasteiger partial charge in [-0.1, -0.05) is 13.3 Å². The number of rotatable bonds is 2. The van der Waals surface area contributed by atoms with E-state index in [1.165, 1.54) is 25.0 Å². The molecule has 0 amide bonds. The lowest BCUT2D eigenvalue weighted by molar-refractivity contribution is 0.388. The third-order valence-electron chi connectivity index (χ3n) is 2.25. The van der Waals surface area contributed by atoms with Crippen LogP contribution in [0.15, 0.2) is 0 Å². The van der Waals surface area contributed by atoms with Crippen molar-refractivity contribution in [1.29, 1.82) is 0 Å². The number of thioether (sulfide) groups is 1. The number of nitrogens with one attached hydrogen (secondary N) is 1. The maximum absolute atomic E-state index is 3.66. The molecule has 11 heavy (non-hydrogen) atoms. The molecule has 0 radical (unpaired) electrons. The minimum Gasteiger partial charge on any atom is -0.300 e. The Bertz CT molecular complexity index is 123. The van der Waals surface area contributed by atoms with Gasteiger partial charge in [0, 0.05) is 6.04 Å². The minimum absolute atomic E-state index is 0.367. The molecular weight excluding hydrogens is 154 g/mol. The van der Waals surface area contributed by atoms with E-state index >= 15 is 0 Å². The van der Waals surface area contributed by atoms with E-state index in [0.717, 1.165) is 0 Å². The van der Waals surface area contributed by atoms with E-state index in [0.29, 0.717) is 10.9 Å².